The van der Waals surface area contributed by atoms with Crippen LogP contribution < -0.4 is 4.84 Å². The molecule has 0 aliphatic carbocycles. The Morgan fingerprint density at radius 3 is 2.45 bits per heavy atom. The van der Waals surface area contributed by atoms with Gasteiger partial charge in [0.25, 0.3) is 5.09 Å². The third kappa shape index (κ3) is 3.36. The Balaban J connectivity index is 1.87. The van der Waals surface area contributed by atoms with Crippen molar-refractivity contribution in [2.24, 2.45) is 4.99 Å². The van der Waals surface area contributed by atoms with Gasteiger partial charge in [0.15, 0.2) is 0 Å². The molecule has 8 heteroatoms. The van der Waals surface area contributed by atoms with Gasteiger partial charge in [0.2, 0.25) is 5.91 Å². The second kappa shape index (κ2) is 7.23. The van der Waals surface area contributed by atoms with Crippen LogP contribution in [0.25, 0.3) is 0 Å². The van der Waals surface area contributed by atoms with E-state index in [4.69, 9.17) is 9.73 Å². The predicted molar refractivity (Wildman–Crippen MR) is 104 cm³/mol. The molecule has 2 aliphatic rings. The third-order valence-electron chi connectivity index (χ3n) is 4.89. The van der Waals surface area contributed by atoms with Crippen LogP contribution in [0.5, 0.6) is 5.75 Å². The van der Waals surface area contributed by atoms with Crippen molar-refractivity contribution in [1.82, 2.24) is 4.90 Å². The van der Waals surface area contributed by atoms with Crippen molar-refractivity contribution < 1.29 is 19.5 Å². The highest BCUT2D eigenvalue weighted by molar-refractivity contribution is 6.09. The fourth-order valence-corrected chi connectivity index (χ4v) is 3.52. The molecule has 1 unspecified atom stereocenters. The second-order valence-corrected chi connectivity index (χ2v) is 6.54. The van der Waals surface area contributed by atoms with Gasteiger partial charge in [0.05, 0.1) is 13.5 Å². The van der Waals surface area contributed by atoms with Crippen LogP contribution >= 0.6 is 0 Å². The van der Waals surface area contributed by atoms with Gasteiger partial charge in [-0.1, -0.05) is 42.5 Å². The highest BCUT2D eigenvalue weighted by Gasteiger charge is 2.43. The molecular weight excluding hydrogens is 374 g/mol. The number of methoxy groups -OCH3 is 1. The van der Waals surface area contributed by atoms with Crippen molar-refractivity contribution in [3.63, 3.8) is 0 Å². The number of carbonyl (C=O) groups excluding carboxylic acids is 1. The summed E-state index contributed by atoms with van der Waals surface area (Å²) in [6, 6.07) is 15.9. The van der Waals surface area contributed by atoms with Crippen LogP contribution in [0.3, 0.4) is 0 Å². The minimum atomic E-state index is -0.974. The van der Waals surface area contributed by atoms with Gasteiger partial charge in [0, 0.05) is 12.3 Å². The lowest BCUT2D eigenvalue weighted by atomic mass is 9.79. The summed E-state index contributed by atoms with van der Waals surface area (Å²) in [6.07, 6.45) is 5.16. The Bertz CT molecular complexity index is 1040. The smallest absolute Gasteiger partial charge is 0.299 e. The second-order valence-electron chi connectivity index (χ2n) is 6.54. The number of allylic oxidation sites excluding steroid dienone is 1. The molecule has 2 aromatic rings. The lowest BCUT2D eigenvalue weighted by Crippen LogP contribution is -2.45. The highest BCUT2D eigenvalue weighted by atomic mass is 17.0. The molecular formula is C21H17N3O5. The van der Waals surface area contributed by atoms with E-state index in [0.29, 0.717) is 11.6 Å². The molecule has 2 aliphatic heterocycles. The average Bonchev–Trinajstić information content (AvgIpc) is 2.74. The van der Waals surface area contributed by atoms with E-state index in [1.807, 2.05) is 30.3 Å². The molecule has 1 amide bonds. The summed E-state index contributed by atoms with van der Waals surface area (Å²) < 4.78 is 5.28. The van der Waals surface area contributed by atoms with Crippen molar-refractivity contribution in [3.8, 4) is 5.75 Å². The predicted octanol–water partition coefficient (Wildman–Crippen LogP) is 3.19. The van der Waals surface area contributed by atoms with Crippen molar-refractivity contribution >= 4 is 11.7 Å². The number of hydrogen-bond donors (Lipinski definition) is 0. The molecule has 4 rings (SSSR count). The first kappa shape index (κ1) is 18.4. The minimum Gasteiger partial charge on any atom is -0.497 e. The Morgan fingerprint density at radius 2 is 1.79 bits per heavy atom. The van der Waals surface area contributed by atoms with E-state index in [1.165, 1.54) is 17.0 Å². The quantitative estimate of drug-likeness (QED) is 0.576. The Kier molecular flexibility index (Phi) is 4.59. The van der Waals surface area contributed by atoms with Gasteiger partial charge in [-0.05, 0) is 29.3 Å². The van der Waals surface area contributed by atoms with Gasteiger partial charge in [-0.2, -0.15) is 0 Å². The number of benzene rings is 2. The number of amides is 1. The standard InChI is InChI=1S/C21H17N3O5/c1-28-18-11-12-23-19(13-18)22-21(14-20(23)25,15-5-3-2-4-6-15)16-7-9-17(10-8-16)29-24(26)27/h2-13H,14H2,1H3. The van der Waals surface area contributed by atoms with Crippen LogP contribution in [0.2, 0.25) is 0 Å². The molecule has 0 bridgehead atoms. The monoisotopic (exact) mass is 391 g/mol. The minimum absolute atomic E-state index is 0.0977. The number of rotatable bonds is 5. The van der Waals surface area contributed by atoms with Gasteiger partial charge in [0.1, 0.15) is 22.9 Å². The third-order valence-corrected chi connectivity index (χ3v) is 4.89. The average molecular weight is 391 g/mol. The fourth-order valence-electron chi connectivity index (χ4n) is 3.52. The summed E-state index contributed by atoms with van der Waals surface area (Å²) >= 11 is 0. The van der Waals surface area contributed by atoms with Crippen LogP contribution in [-0.2, 0) is 15.1 Å². The Morgan fingerprint density at radius 1 is 1.10 bits per heavy atom. The zero-order valence-electron chi connectivity index (χ0n) is 15.5. The molecule has 2 aromatic carbocycles. The number of aliphatic imine (C=N–C) groups is 1. The van der Waals surface area contributed by atoms with E-state index in [0.717, 1.165) is 11.1 Å². The molecule has 0 radical (unpaired) electrons. The molecule has 0 saturated heterocycles. The summed E-state index contributed by atoms with van der Waals surface area (Å²) in [5.41, 5.74) is 0.588. The Labute approximate surface area is 166 Å². The largest absolute Gasteiger partial charge is 0.497 e. The molecule has 1 atom stereocenters. The number of nitrogens with zero attached hydrogens (tertiary/aromatic N) is 3. The molecule has 146 valence electrons. The van der Waals surface area contributed by atoms with E-state index in [-0.39, 0.29) is 18.1 Å². The first-order valence-electron chi connectivity index (χ1n) is 8.86. The number of fused-ring (bicyclic) bond motifs is 1. The van der Waals surface area contributed by atoms with Crippen LogP contribution in [0.1, 0.15) is 17.5 Å². The SMILES string of the molecule is COC1=CC2=NC(c3ccccc3)(c3ccc(O[N+](=O)[O-])cc3)CC(=O)N2C=C1. The van der Waals surface area contributed by atoms with Gasteiger partial charge >= 0.3 is 0 Å². The molecule has 0 N–H and O–H groups in total. The van der Waals surface area contributed by atoms with Gasteiger partial charge in [-0.3, -0.25) is 19.5 Å². The Hall–Kier alpha value is -3.94. The van der Waals surface area contributed by atoms with Crippen molar-refractivity contribution in [1.29, 1.82) is 0 Å². The summed E-state index contributed by atoms with van der Waals surface area (Å²) in [6.45, 7) is 0. The molecule has 29 heavy (non-hydrogen) atoms. The van der Waals surface area contributed by atoms with Gasteiger partial charge < -0.3 is 4.74 Å². The molecule has 8 nitrogen and oxygen atoms in total. The molecule has 0 aromatic heterocycles. The van der Waals surface area contributed by atoms with Crippen LogP contribution in [-0.4, -0.2) is 28.8 Å². The topological polar surface area (TPSA) is 94.3 Å². The highest BCUT2D eigenvalue weighted by Crippen LogP contribution is 2.41. The van der Waals surface area contributed by atoms with Crippen LogP contribution in [0, 0.1) is 10.1 Å². The number of carbonyl (C=O) groups is 1. The van der Waals surface area contributed by atoms with E-state index in [9.17, 15) is 14.9 Å². The van der Waals surface area contributed by atoms with Crippen molar-refractivity contribution in [3.05, 3.63) is 99.9 Å². The number of ether oxygens (including phenoxy) is 1. The van der Waals surface area contributed by atoms with Crippen molar-refractivity contribution in [2.45, 2.75) is 12.0 Å². The fraction of sp³-hybridized carbons (Fsp3) is 0.143. The lowest BCUT2D eigenvalue weighted by molar-refractivity contribution is -0.711. The first-order valence-corrected chi connectivity index (χ1v) is 8.86. The van der Waals surface area contributed by atoms with E-state index in [1.54, 1.807) is 37.6 Å². The maximum absolute atomic E-state index is 13.0. The maximum atomic E-state index is 13.0. The van der Waals surface area contributed by atoms with Crippen molar-refractivity contribution in [2.75, 3.05) is 7.11 Å². The summed E-state index contributed by atoms with van der Waals surface area (Å²) in [4.78, 5) is 34.5. The maximum Gasteiger partial charge on any atom is 0.299 e. The molecule has 2 heterocycles. The van der Waals surface area contributed by atoms with Crippen LogP contribution in [0.15, 0.2) is 83.7 Å². The van der Waals surface area contributed by atoms with E-state index >= 15 is 0 Å². The molecule has 0 saturated carbocycles. The van der Waals surface area contributed by atoms with Gasteiger partial charge in [-0.15, -0.1) is 10.1 Å². The van der Waals surface area contributed by atoms with Gasteiger partial charge in [-0.25, -0.2) is 0 Å². The zero-order valence-corrected chi connectivity index (χ0v) is 15.5. The summed E-state index contributed by atoms with van der Waals surface area (Å²) in [5, 5.41) is 9.72. The lowest BCUT2D eigenvalue weighted by Gasteiger charge is -2.38. The number of amidine groups is 1. The first-order chi connectivity index (χ1) is 14.0. The molecule has 0 spiro atoms. The summed E-state index contributed by atoms with van der Waals surface area (Å²) in [7, 11) is 1.55. The normalized spacial score (nSPS) is 20.4. The number of hydrogen-bond acceptors (Lipinski definition) is 6. The van der Waals surface area contributed by atoms with E-state index < -0.39 is 10.6 Å². The van der Waals surface area contributed by atoms with E-state index in [2.05, 4.69) is 4.84 Å². The summed E-state index contributed by atoms with van der Waals surface area (Å²) in [5.74, 6) is 1.04. The molecule has 0 fully saturated rings. The van der Waals surface area contributed by atoms with Crippen LogP contribution in [0.4, 0.5) is 0 Å². The zero-order chi connectivity index (χ0) is 20.4.